The molecule has 2 aliphatic rings. The molecule has 2 aliphatic carbocycles. The maximum Gasteiger partial charge on any atom is 0.333 e. The number of benzene rings is 1. The van der Waals surface area contributed by atoms with E-state index in [1.807, 2.05) is 6.92 Å². The zero-order chi connectivity index (χ0) is 23.0. The molecule has 0 amide bonds. The number of rotatable bonds is 5. The molecule has 0 bridgehead atoms. The summed E-state index contributed by atoms with van der Waals surface area (Å²) in [5, 5.41) is 13.4. The highest BCUT2D eigenvalue weighted by molar-refractivity contribution is 6.31. The Morgan fingerprint density at radius 3 is 2.81 bits per heavy atom. The SMILES string of the molecule is C[C@@H](NC1CC=C(Cl)C=C1C(=O)O)c1cc(F)cc2c(=O)n(C)c(C3=CCCCC3)nc12. The number of nitrogens with one attached hydrogen (secondary N) is 1. The van der Waals surface area contributed by atoms with Crippen LogP contribution in [-0.4, -0.2) is 26.7 Å². The molecule has 0 saturated carbocycles. The first-order valence-corrected chi connectivity index (χ1v) is 11.1. The number of fused-ring (bicyclic) bond motifs is 1. The molecule has 4 rings (SSSR count). The Balaban J connectivity index is 1.79. The number of carboxylic acids is 1. The second-order valence-electron chi connectivity index (χ2n) is 8.34. The van der Waals surface area contributed by atoms with Crippen LogP contribution in [0.25, 0.3) is 16.5 Å². The first-order valence-electron chi connectivity index (χ1n) is 10.7. The zero-order valence-corrected chi connectivity index (χ0v) is 18.7. The van der Waals surface area contributed by atoms with Gasteiger partial charge in [0.15, 0.2) is 0 Å². The van der Waals surface area contributed by atoms with Crippen LogP contribution in [0, 0.1) is 5.82 Å². The van der Waals surface area contributed by atoms with E-state index in [0.717, 1.165) is 31.3 Å². The first kappa shape index (κ1) is 22.4. The van der Waals surface area contributed by atoms with E-state index in [-0.39, 0.29) is 16.5 Å². The van der Waals surface area contributed by atoms with Gasteiger partial charge in [0.2, 0.25) is 0 Å². The van der Waals surface area contributed by atoms with Gasteiger partial charge >= 0.3 is 5.97 Å². The maximum atomic E-state index is 14.5. The van der Waals surface area contributed by atoms with E-state index in [1.165, 1.54) is 22.8 Å². The number of allylic oxidation sites excluding steroid dienone is 4. The van der Waals surface area contributed by atoms with Gasteiger partial charge < -0.3 is 10.4 Å². The van der Waals surface area contributed by atoms with Crippen molar-refractivity contribution in [1.82, 2.24) is 14.9 Å². The highest BCUT2D eigenvalue weighted by atomic mass is 35.5. The van der Waals surface area contributed by atoms with Crippen LogP contribution in [0.2, 0.25) is 0 Å². The van der Waals surface area contributed by atoms with Crippen molar-refractivity contribution < 1.29 is 14.3 Å². The molecule has 168 valence electrons. The number of hydrogen-bond donors (Lipinski definition) is 2. The van der Waals surface area contributed by atoms with Crippen LogP contribution >= 0.6 is 11.6 Å². The Hall–Kier alpha value is -2.77. The van der Waals surface area contributed by atoms with E-state index in [4.69, 9.17) is 16.6 Å². The van der Waals surface area contributed by atoms with Crippen molar-refractivity contribution >= 4 is 34.0 Å². The van der Waals surface area contributed by atoms with Gasteiger partial charge in [-0.05, 0) is 68.4 Å². The molecular formula is C24H25ClFN3O3. The Bertz CT molecular complexity index is 1250. The molecule has 8 heteroatoms. The molecule has 0 aliphatic heterocycles. The van der Waals surface area contributed by atoms with Crippen LogP contribution in [0.15, 0.2) is 45.8 Å². The number of nitrogens with zero attached hydrogens (tertiary/aromatic N) is 2. The number of halogens is 2. The molecule has 6 nitrogen and oxygen atoms in total. The van der Waals surface area contributed by atoms with Crippen LogP contribution < -0.4 is 10.9 Å². The van der Waals surface area contributed by atoms with Crippen molar-refractivity contribution in [3.05, 3.63) is 68.5 Å². The van der Waals surface area contributed by atoms with E-state index in [2.05, 4.69) is 11.4 Å². The monoisotopic (exact) mass is 457 g/mol. The molecule has 0 radical (unpaired) electrons. The van der Waals surface area contributed by atoms with Gasteiger partial charge in [0.05, 0.1) is 16.5 Å². The van der Waals surface area contributed by atoms with Crippen molar-refractivity contribution in [2.75, 3.05) is 0 Å². The zero-order valence-electron chi connectivity index (χ0n) is 18.0. The third-order valence-electron chi connectivity index (χ3n) is 6.13. The molecular weight excluding hydrogens is 433 g/mol. The second kappa shape index (κ2) is 9.00. The third-order valence-corrected chi connectivity index (χ3v) is 6.40. The first-order chi connectivity index (χ1) is 15.3. The van der Waals surface area contributed by atoms with Crippen LogP contribution in [0.3, 0.4) is 0 Å². The van der Waals surface area contributed by atoms with E-state index in [1.54, 1.807) is 13.1 Å². The number of hydrogen-bond acceptors (Lipinski definition) is 4. The Kier molecular flexibility index (Phi) is 6.31. The third kappa shape index (κ3) is 4.27. The summed E-state index contributed by atoms with van der Waals surface area (Å²) in [5.41, 5.74) is 1.81. The lowest BCUT2D eigenvalue weighted by atomic mass is 9.95. The Morgan fingerprint density at radius 2 is 2.12 bits per heavy atom. The average Bonchev–Trinajstić information content (AvgIpc) is 2.77. The smallest absolute Gasteiger partial charge is 0.333 e. The lowest BCUT2D eigenvalue weighted by Gasteiger charge is -2.26. The molecule has 1 aromatic carbocycles. The quantitative estimate of drug-likeness (QED) is 0.686. The van der Waals surface area contributed by atoms with E-state index in [9.17, 15) is 19.1 Å². The minimum atomic E-state index is -1.07. The van der Waals surface area contributed by atoms with E-state index >= 15 is 0 Å². The molecule has 1 heterocycles. The fourth-order valence-electron chi connectivity index (χ4n) is 4.45. The van der Waals surface area contributed by atoms with Crippen LogP contribution in [0.1, 0.15) is 56.5 Å². The summed E-state index contributed by atoms with van der Waals surface area (Å²) in [6, 6.07) is 1.61. The van der Waals surface area contributed by atoms with Crippen molar-refractivity contribution in [1.29, 1.82) is 0 Å². The Labute approximate surface area is 190 Å². The molecule has 2 N–H and O–H groups in total. The summed E-state index contributed by atoms with van der Waals surface area (Å²) < 4.78 is 16.0. The minimum absolute atomic E-state index is 0.141. The van der Waals surface area contributed by atoms with E-state index in [0.29, 0.717) is 28.4 Å². The number of carboxylic acid groups (broad SMARTS) is 1. The maximum absolute atomic E-state index is 14.5. The fraction of sp³-hybridized carbons (Fsp3) is 0.375. The highest BCUT2D eigenvalue weighted by Gasteiger charge is 2.26. The molecule has 0 saturated heterocycles. The number of aromatic nitrogens is 2. The van der Waals surface area contributed by atoms with Gasteiger partial charge in [-0.2, -0.15) is 0 Å². The van der Waals surface area contributed by atoms with Gasteiger partial charge in [-0.1, -0.05) is 23.8 Å². The predicted octanol–water partition coefficient (Wildman–Crippen LogP) is 4.59. The highest BCUT2D eigenvalue weighted by Crippen LogP contribution is 2.30. The predicted molar refractivity (Wildman–Crippen MR) is 123 cm³/mol. The normalized spacial score (nSPS) is 19.9. The molecule has 0 fully saturated rings. The van der Waals surface area contributed by atoms with Gasteiger partial charge in [-0.3, -0.25) is 9.36 Å². The van der Waals surface area contributed by atoms with Gasteiger partial charge in [-0.15, -0.1) is 0 Å². The lowest BCUT2D eigenvalue weighted by Crippen LogP contribution is -2.37. The largest absolute Gasteiger partial charge is 0.478 e. The van der Waals surface area contributed by atoms with Gasteiger partial charge in [0.25, 0.3) is 5.56 Å². The van der Waals surface area contributed by atoms with Gasteiger partial charge in [-0.25, -0.2) is 14.2 Å². The molecule has 2 aromatic rings. The molecule has 0 spiro atoms. The summed E-state index contributed by atoms with van der Waals surface area (Å²) in [4.78, 5) is 29.6. The standard InChI is InChI=1S/C24H25ClFN3O3/c1-13(27-20-9-8-15(25)10-18(20)24(31)32)17-11-16(26)12-19-21(17)28-22(29(2)23(19)30)14-6-4-3-5-7-14/h6,8,10-13,20,27H,3-5,7,9H2,1-2H3,(H,31,32)/t13-,20?/m1/s1. The van der Waals surface area contributed by atoms with Gasteiger partial charge in [0.1, 0.15) is 11.6 Å². The summed E-state index contributed by atoms with van der Waals surface area (Å²) in [6.45, 7) is 1.81. The summed E-state index contributed by atoms with van der Waals surface area (Å²) in [6.07, 6.45) is 9.61. The van der Waals surface area contributed by atoms with Crippen molar-refractivity contribution in [2.45, 2.75) is 51.1 Å². The number of aliphatic carboxylic acids is 1. The van der Waals surface area contributed by atoms with Crippen LogP contribution in [-0.2, 0) is 11.8 Å². The van der Waals surface area contributed by atoms with Crippen molar-refractivity contribution in [3.8, 4) is 0 Å². The van der Waals surface area contributed by atoms with Crippen molar-refractivity contribution in [3.63, 3.8) is 0 Å². The minimum Gasteiger partial charge on any atom is -0.478 e. The molecule has 32 heavy (non-hydrogen) atoms. The Morgan fingerprint density at radius 1 is 1.34 bits per heavy atom. The molecule has 1 unspecified atom stereocenters. The topological polar surface area (TPSA) is 84.2 Å². The fourth-order valence-corrected chi connectivity index (χ4v) is 4.66. The number of carbonyl (C=O) groups is 1. The molecule has 1 aromatic heterocycles. The second-order valence-corrected chi connectivity index (χ2v) is 8.77. The average molecular weight is 458 g/mol. The summed E-state index contributed by atoms with van der Waals surface area (Å²) in [7, 11) is 1.66. The summed E-state index contributed by atoms with van der Waals surface area (Å²) >= 11 is 5.99. The van der Waals surface area contributed by atoms with Crippen LogP contribution in [0.5, 0.6) is 0 Å². The van der Waals surface area contributed by atoms with Crippen LogP contribution in [0.4, 0.5) is 4.39 Å². The van der Waals surface area contributed by atoms with E-state index < -0.39 is 23.9 Å². The molecule has 2 atom stereocenters. The summed E-state index contributed by atoms with van der Waals surface area (Å²) in [5.74, 6) is -1.01. The lowest BCUT2D eigenvalue weighted by molar-refractivity contribution is -0.133. The van der Waals surface area contributed by atoms with Crippen molar-refractivity contribution in [2.24, 2.45) is 7.05 Å². The van der Waals surface area contributed by atoms with Gasteiger partial charge in [0, 0.05) is 24.2 Å².